The third-order valence-electron chi connectivity index (χ3n) is 0.963. The summed E-state index contributed by atoms with van der Waals surface area (Å²) < 4.78 is 0. The van der Waals surface area contributed by atoms with E-state index in [-0.39, 0.29) is 0 Å². The molecule has 0 aromatic rings. The van der Waals surface area contributed by atoms with Crippen LogP contribution in [0.1, 0.15) is 12.8 Å². The maximum absolute atomic E-state index is 9.25. The fourth-order valence-corrected chi connectivity index (χ4v) is 0.440. The van der Waals surface area contributed by atoms with Crippen molar-refractivity contribution >= 4 is 5.97 Å². The Morgan fingerprint density at radius 3 is 1.82 bits per heavy atom. The van der Waals surface area contributed by atoms with Crippen LogP contribution in [0, 0.1) is 0 Å². The molecule has 0 aromatic heterocycles. The number of carbonyl (C=O) groups is 1. The van der Waals surface area contributed by atoms with Gasteiger partial charge in [-0.2, -0.15) is 0 Å². The van der Waals surface area contributed by atoms with Crippen molar-refractivity contribution in [2.75, 3.05) is 13.2 Å². The second-order valence-electron chi connectivity index (χ2n) is 1.89. The highest BCUT2D eigenvalue weighted by atomic mass is 17.2. The van der Waals surface area contributed by atoms with Gasteiger partial charge in [0.15, 0.2) is 0 Å². The molecule has 4 heteroatoms. The van der Waals surface area contributed by atoms with Gasteiger partial charge in [0.2, 0.25) is 0 Å². The lowest BCUT2D eigenvalue weighted by Gasteiger charge is -2.07. The molecule has 0 saturated carbocycles. The molecule has 0 bridgehead atoms. The molecular weight excluding hydrogens is 148 g/mol. The molecule has 0 amide bonds. The van der Waals surface area contributed by atoms with E-state index in [4.69, 9.17) is 5.11 Å². The Balaban J connectivity index is 0.000000187. The molecule has 0 unspecified atom stereocenters. The average molecular weight is 160 g/mol. The van der Waals surface area contributed by atoms with E-state index in [1.54, 1.807) is 0 Å². The molecule has 1 aliphatic rings. The van der Waals surface area contributed by atoms with Crippen LogP contribution in [0.25, 0.3) is 0 Å². The molecule has 0 aromatic carbocycles. The molecular formula is C7H12O4. The monoisotopic (exact) mass is 160 g/mol. The van der Waals surface area contributed by atoms with Crippen LogP contribution in [-0.2, 0) is 14.6 Å². The Kier molecular flexibility index (Phi) is 6.67. The standard InChI is InChI=1S/C4H8O2.C3H4O2/c1-2-4-6-5-3-1;1-2-3(4)5/h1-4H2;2H,1H2,(H,4,5). The summed E-state index contributed by atoms with van der Waals surface area (Å²) in [4.78, 5) is 18.4. The third kappa shape index (κ3) is 9.13. The summed E-state index contributed by atoms with van der Waals surface area (Å²) in [5.41, 5.74) is 0. The second-order valence-corrected chi connectivity index (χ2v) is 1.89. The van der Waals surface area contributed by atoms with E-state index in [0.29, 0.717) is 0 Å². The fraction of sp³-hybridized carbons (Fsp3) is 0.571. The maximum atomic E-state index is 9.25. The molecule has 1 aliphatic heterocycles. The predicted octanol–water partition coefficient (Wildman–Crippen LogP) is 0.985. The topological polar surface area (TPSA) is 55.8 Å². The highest BCUT2D eigenvalue weighted by Gasteiger charge is 1.95. The van der Waals surface area contributed by atoms with Gasteiger partial charge in [-0.1, -0.05) is 6.58 Å². The van der Waals surface area contributed by atoms with Crippen LogP contribution in [0.5, 0.6) is 0 Å². The molecule has 1 saturated heterocycles. The zero-order valence-corrected chi connectivity index (χ0v) is 6.28. The van der Waals surface area contributed by atoms with Gasteiger partial charge < -0.3 is 5.11 Å². The van der Waals surface area contributed by atoms with Crippen LogP contribution in [0.3, 0.4) is 0 Å². The summed E-state index contributed by atoms with van der Waals surface area (Å²) in [7, 11) is 0. The van der Waals surface area contributed by atoms with Crippen LogP contribution in [0.4, 0.5) is 0 Å². The van der Waals surface area contributed by atoms with Crippen molar-refractivity contribution in [1.29, 1.82) is 0 Å². The molecule has 1 N–H and O–H groups in total. The Labute approximate surface area is 65.4 Å². The lowest BCUT2D eigenvalue weighted by atomic mass is 10.3. The first-order valence-corrected chi connectivity index (χ1v) is 3.37. The van der Waals surface area contributed by atoms with E-state index in [9.17, 15) is 4.79 Å². The van der Waals surface area contributed by atoms with Crippen LogP contribution in [0.2, 0.25) is 0 Å². The molecule has 0 spiro atoms. The van der Waals surface area contributed by atoms with Crippen molar-refractivity contribution < 1.29 is 19.7 Å². The van der Waals surface area contributed by atoms with Crippen LogP contribution in [0.15, 0.2) is 12.7 Å². The van der Waals surface area contributed by atoms with Gasteiger partial charge in [-0.3, -0.25) is 0 Å². The van der Waals surface area contributed by atoms with Gasteiger partial charge >= 0.3 is 5.97 Å². The van der Waals surface area contributed by atoms with Crippen molar-refractivity contribution in [1.82, 2.24) is 0 Å². The van der Waals surface area contributed by atoms with E-state index >= 15 is 0 Å². The number of carboxylic acids is 1. The van der Waals surface area contributed by atoms with Gasteiger partial charge in [0.25, 0.3) is 0 Å². The van der Waals surface area contributed by atoms with Crippen LogP contribution in [-0.4, -0.2) is 24.3 Å². The maximum Gasteiger partial charge on any atom is 0.327 e. The van der Waals surface area contributed by atoms with E-state index in [1.165, 1.54) is 0 Å². The van der Waals surface area contributed by atoms with Crippen LogP contribution >= 0.6 is 0 Å². The van der Waals surface area contributed by atoms with Crippen molar-refractivity contribution in [2.45, 2.75) is 12.8 Å². The lowest BCUT2D eigenvalue weighted by Crippen LogP contribution is -2.05. The minimum Gasteiger partial charge on any atom is -0.478 e. The van der Waals surface area contributed by atoms with Gasteiger partial charge in [0, 0.05) is 6.08 Å². The Morgan fingerprint density at radius 2 is 1.73 bits per heavy atom. The normalized spacial score (nSPS) is 16.0. The number of aliphatic carboxylic acids is 1. The first kappa shape index (κ1) is 10.1. The van der Waals surface area contributed by atoms with Crippen molar-refractivity contribution in [3.63, 3.8) is 0 Å². The smallest absolute Gasteiger partial charge is 0.327 e. The fourth-order valence-electron chi connectivity index (χ4n) is 0.440. The predicted molar refractivity (Wildman–Crippen MR) is 39.0 cm³/mol. The summed E-state index contributed by atoms with van der Waals surface area (Å²) in [6.07, 6.45) is 3.14. The molecule has 0 aliphatic carbocycles. The first-order chi connectivity index (χ1) is 5.27. The summed E-state index contributed by atoms with van der Waals surface area (Å²) in [6, 6.07) is 0. The molecule has 4 nitrogen and oxygen atoms in total. The molecule has 0 atom stereocenters. The molecule has 11 heavy (non-hydrogen) atoms. The number of rotatable bonds is 1. The van der Waals surface area contributed by atoms with Gasteiger partial charge in [0.05, 0.1) is 13.2 Å². The van der Waals surface area contributed by atoms with Crippen molar-refractivity contribution in [2.24, 2.45) is 0 Å². The quantitative estimate of drug-likeness (QED) is 0.459. The highest BCUT2D eigenvalue weighted by molar-refractivity contribution is 5.78. The van der Waals surface area contributed by atoms with Gasteiger partial charge in [0.1, 0.15) is 0 Å². The van der Waals surface area contributed by atoms with Gasteiger partial charge in [-0.15, -0.1) is 0 Å². The van der Waals surface area contributed by atoms with Crippen LogP contribution < -0.4 is 0 Å². The number of carboxylic acid groups (broad SMARTS) is 1. The van der Waals surface area contributed by atoms with Crippen molar-refractivity contribution in [3.05, 3.63) is 12.7 Å². The molecule has 64 valence electrons. The number of hydrogen-bond acceptors (Lipinski definition) is 3. The third-order valence-corrected chi connectivity index (χ3v) is 0.963. The van der Waals surface area contributed by atoms with Gasteiger partial charge in [-0.05, 0) is 12.8 Å². The Morgan fingerprint density at radius 1 is 1.36 bits per heavy atom. The van der Waals surface area contributed by atoms with E-state index < -0.39 is 5.97 Å². The Hall–Kier alpha value is -0.870. The lowest BCUT2D eigenvalue weighted by molar-refractivity contribution is -0.312. The summed E-state index contributed by atoms with van der Waals surface area (Å²) in [6.45, 7) is 4.52. The molecule has 0 radical (unpaired) electrons. The van der Waals surface area contributed by atoms with E-state index in [2.05, 4.69) is 16.4 Å². The SMILES string of the molecule is C1CCOOC1.C=CC(=O)O. The van der Waals surface area contributed by atoms with Gasteiger partial charge in [-0.25, -0.2) is 14.6 Å². The average Bonchev–Trinajstić information content (AvgIpc) is 2.09. The molecule has 1 fully saturated rings. The summed E-state index contributed by atoms with van der Waals surface area (Å²) >= 11 is 0. The van der Waals surface area contributed by atoms with Crippen molar-refractivity contribution in [3.8, 4) is 0 Å². The van der Waals surface area contributed by atoms with E-state index in [0.717, 1.165) is 32.1 Å². The Bertz CT molecular complexity index is 106. The van der Waals surface area contributed by atoms with E-state index in [1.807, 2.05) is 0 Å². The summed E-state index contributed by atoms with van der Waals surface area (Å²) in [5.74, 6) is -0.981. The minimum absolute atomic E-state index is 0.778. The zero-order chi connectivity index (χ0) is 8.53. The number of hydrogen-bond donors (Lipinski definition) is 1. The minimum atomic E-state index is -0.981. The largest absolute Gasteiger partial charge is 0.478 e. The second kappa shape index (κ2) is 7.24. The summed E-state index contributed by atoms with van der Waals surface area (Å²) in [5, 5.41) is 7.60. The first-order valence-electron chi connectivity index (χ1n) is 3.37. The molecule has 1 rings (SSSR count). The molecule has 1 heterocycles. The zero-order valence-electron chi connectivity index (χ0n) is 6.28. The highest BCUT2D eigenvalue weighted by Crippen LogP contribution is 1.97.